The number of halogens is 1. The lowest BCUT2D eigenvalue weighted by molar-refractivity contribution is -0.128. The van der Waals surface area contributed by atoms with Crippen LogP contribution in [0.4, 0.5) is 0 Å². The molecular formula is C7H13ClN2O4S. The van der Waals surface area contributed by atoms with Crippen molar-refractivity contribution in [3.05, 3.63) is 0 Å². The van der Waals surface area contributed by atoms with Crippen molar-refractivity contribution in [3.8, 4) is 0 Å². The van der Waals surface area contributed by atoms with Crippen LogP contribution in [-0.2, 0) is 19.6 Å². The first-order chi connectivity index (χ1) is 7.03. The molecule has 1 heterocycles. The lowest BCUT2D eigenvalue weighted by Crippen LogP contribution is -2.55. The fourth-order valence-electron chi connectivity index (χ4n) is 1.36. The minimum atomic E-state index is -3.57. The van der Waals surface area contributed by atoms with Crippen LogP contribution in [0.25, 0.3) is 0 Å². The maximum Gasteiger partial charge on any atom is 0.240 e. The second-order valence-electron chi connectivity index (χ2n) is 3.04. The van der Waals surface area contributed by atoms with Crippen LogP contribution in [-0.4, -0.2) is 56.7 Å². The number of likely N-dealkylation sites (N-methyl/N-ethyl adjacent to an activating group) is 1. The number of ether oxygens (including phenoxy) is 1. The van der Waals surface area contributed by atoms with Crippen LogP contribution in [0.3, 0.4) is 0 Å². The molecule has 1 aliphatic rings. The summed E-state index contributed by atoms with van der Waals surface area (Å²) in [5.74, 6) is -0.386. The van der Waals surface area contributed by atoms with Crippen LogP contribution in [0.2, 0.25) is 0 Å². The van der Waals surface area contributed by atoms with Crippen molar-refractivity contribution in [1.29, 1.82) is 0 Å². The van der Waals surface area contributed by atoms with E-state index in [1.807, 2.05) is 0 Å². The van der Waals surface area contributed by atoms with Gasteiger partial charge < -0.3 is 10.1 Å². The molecule has 15 heavy (non-hydrogen) atoms. The van der Waals surface area contributed by atoms with Gasteiger partial charge in [0.15, 0.2) is 0 Å². The molecule has 1 N–H and O–H groups in total. The van der Waals surface area contributed by atoms with Crippen molar-refractivity contribution in [3.63, 3.8) is 0 Å². The standard InChI is InChI=1S/C7H13ClN2O4S/c1-9-7(11)6-4-14-3-2-10(6)15(12,13)5-8/h6H,2-5H2,1H3,(H,9,11). The lowest BCUT2D eigenvalue weighted by Gasteiger charge is -2.32. The Morgan fingerprint density at radius 3 is 2.87 bits per heavy atom. The molecule has 1 rings (SSSR count). The van der Waals surface area contributed by atoms with Gasteiger partial charge in [0.05, 0.1) is 13.2 Å². The molecule has 0 aliphatic carbocycles. The minimum Gasteiger partial charge on any atom is -0.378 e. The summed E-state index contributed by atoms with van der Waals surface area (Å²) in [5, 5.41) is 1.87. The van der Waals surface area contributed by atoms with Gasteiger partial charge in [0.1, 0.15) is 11.3 Å². The van der Waals surface area contributed by atoms with Crippen LogP contribution < -0.4 is 5.32 Å². The Kier molecular flexibility index (Phi) is 4.32. The number of carbonyl (C=O) groups is 1. The average molecular weight is 257 g/mol. The Morgan fingerprint density at radius 1 is 1.67 bits per heavy atom. The van der Waals surface area contributed by atoms with Gasteiger partial charge in [-0.15, -0.1) is 11.6 Å². The lowest BCUT2D eigenvalue weighted by atomic mass is 10.2. The Bertz CT molecular complexity index is 332. The van der Waals surface area contributed by atoms with Gasteiger partial charge in [0.25, 0.3) is 0 Å². The van der Waals surface area contributed by atoms with Gasteiger partial charge in [-0.2, -0.15) is 4.31 Å². The highest BCUT2D eigenvalue weighted by Gasteiger charge is 2.36. The number of morpholine rings is 1. The number of hydrogen-bond acceptors (Lipinski definition) is 4. The zero-order chi connectivity index (χ0) is 11.5. The zero-order valence-corrected chi connectivity index (χ0v) is 9.84. The average Bonchev–Trinajstić information content (AvgIpc) is 2.28. The molecule has 1 amide bonds. The number of sulfonamides is 1. The SMILES string of the molecule is CNC(=O)C1COCCN1S(=O)(=O)CCl. The number of amides is 1. The summed E-state index contributed by atoms with van der Waals surface area (Å²) in [6, 6.07) is -0.813. The highest BCUT2D eigenvalue weighted by Crippen LogP contribution is 2.13. The molecule has 88 valence electrons. The van der Waals surface area contributed by atoms with E-state index >= 15 is 0 Å². The molecule has 1 saturated heterocycles. The Labute approximate surface area is 93.6 Å². The third kappa shape index (κ3) is 2.81. The number of alkyl halides is 1. The maximum absolute atomic E-state index is 11.5. The van der Waals surface area contributed by atoms with E-state index in [0.717, 1.165) is 4.31 Å². The van der Waals surface area contributed by atoms with E-state index in [9.17, 15) is 13.2 Å². The van der Waals surface area contributed by atoms with Crippen molar-refractivity contribution in [2.75, 3.05) is 32.0 Å². The summed E-state index contributed by atoms with van der Waals surface area (Å²) in [7, 11) is -2.12. The monoisotopic (exact) mass is 256 g/mol. The van der Waals surface area contributed by atoms with E-state index in [-0.39, 0.29) is 25.7 Å². The highest BCUT2D eigenvalue weighted by atomic mass is 35.5. The molecule has 0 saturated carbocycles. The fourth-order valence-corrected chi connectivity index (χ4v) is 2.76. The summed E-state index contributed by atoms with van der Waals surface area (Å²) >= 11 is 5.34. The predicted molar refractivity (Wildman–Crippen MR) is 55.0 cm³/mol. The molecule has 0 radical (unpaired) electrons. The van der Waals surface area contributed by atoms with E-state index in [0.29, 0.717) is 0 Å². The molecule has 8 heteroatoms. The van der Waals surface area contributed by atoms with E-state index in [2.05, 4.69) is 5.32 Å². The van der Waals surface area contributed by atoms with E-state index in [4.69, 9.17) is 16.3 Å². The normalized spacial score (nSPS) is 23.7. The maximum atomic E-state index is 11.5. The highest BCUT2D eigenvalue weighted by molar-refractivity contribution is 7.90. The van der Waals surface area contributed by atoms with E-state index < -0.39 is 21.3 Å². The Morgan fingerprint density at radius 2 is 2.33 bits per heavy atom. The molecule has 1 atom stereocenters. The van der Waals surface area contributed by atoms with Gasteiger partial charge in [-0.25, -0.2) is 8.42 Å². The second-order valence-corrected chi connectivity index (χ2v) is 5.54. The molecule has 6 nitrogen and oxygen atoms in total. The molecule has 0 bridgehead atoms. The summed E-state index contributed by atoms with van der Waals surface area (Å²) in [6.45, 7) is 0.506. The molecule has 1 aliphatic heterocycles. The third-order valence-corrected chi connectivity index (χ3v) is 4.38. The van der Waals surface area contributed by atoms with Gasteiger partial charge in [-0.1, -0.05) is 0 Å². The summed E-state index contributed by atoms with van der Waals surface area (Å²) in [4.78, 5) is 11.4. The zero-order valence-electron chi connectivity index (χ0n) is 8.27. The number of nitrogens with zero attached hydrogens (tertiary/aromatic N) is 1. The van der Waals surface area contributed by atoms with Crippen molar-refractivity contribution in [1.82, 2.24) is 9.62 Å². The van der Waals surface area contributed by atoms with Crippen LogP contribution in [0.5, 0.6) is 0 Å². The van der Waals surface area contributed by atoms with E-state index in [1.165, 1.54) is 7.05 Å². The first-order valence-electron chi connectivity index (χ1n) is 4.37. The number of carbonyl (C=O) groups excluding carboxylic acids is 1. The molecular weight excluding hydrogens is 244 g/mol. The van der Waals surface area contributed by atoms with Gasteiger partial charge in [-0.3, -0.25) is 4.79 Å². The minimum absolute atomic E-state index is 0.0653. The van der Waals surface area contributed by atoms with Crippen LogP contribution in [0, 0.1) is 0 Å². The van der Waals surface area contributed by atoms with Gasteiger partial charge in [0, 0.05) is 13.6 Å². The quantitative estimate of drug-likeness (QED) is 0.655. The molecule has 0 aromatic rings. The van der Waals surface area contributed by atoms with Gasteiger partial charge in [-0.05, 0) is 0 Å². The summed E-state index contributed by atoms with van der Waals surface area (Å²) in [6.07, 6.45) is 0. The fraction of sp³-hybridized carbons (Fsp3) is 0.857. The largest absolute Gasteiger partial charge is 0.378 e. The Balaban J connectivity index is 2.88. The van der Waals surface area contributed by atoms with Crippen LogP contribution >= 0.6 is 11.6 Å². The molecule has 0 aromatic carbocycles. The van der Waals surface area contributed by atoms with Crippen molar-refractivity contribution >= 4 is 27.5 Å². The topological polar surface area (TPSA) is 75.7 Å². The number of rotatable bonds is 3. The van der Waals surface area contributed by atoms with Gasteiger partial charge >= 0.3 is 0 Å². The molecule has 1 unspecified atom stereocenters. The Hall–Kier alpha value is -0.370. The van der Waals surface area contributed by atoms with Crippen molar-refractivity contribution in [2.24, 2.45) is 0 Å². The predicted octanol–water partition coefficient (Wildman–Crippen LogP) is -1.04. The molecule has 1 fully saturated rings. The third-order valence-electron chi connectivity index (χ3n) is 2.12. The second kappa shape index (κ2) is 5.11. The van der Waals surface area contributed by atoms with Crippen molar-refractivity contribution < 1.29 is 17.9 Å². The van der Waals surface area contributed by atoms with Gasteiger partial charge in [0.2, 0.25) is 15.9 Å². The smallest absolute Gasteiger partial charge is 0.240 e. The van der Waals surface area contributed by atoms with E-state index in [1.54, 1.807) is 0 Å². The first kappa shape index (κ1) is 12.7. The number of nitrogens with one attached hydrogen (secondary N) is 1. The van der Waals surface area contributed by atoms with Crippen LogP contribution in [0.1, 0.15) is 0 Å². The summed E-state index contributed by atoms with van der Waals surface area (Å²) in [5.41, 5.74) is 0. The molecule has 0 spiro atoms. The summed E-state index contributed by atoms with van der Waals surface area (Å²) < 4.78 is 29.2. The molecule has 0 aromatic heterocycles. The van der Waals surface area contributed by atoms with Crippen molar-refractivity contribution in [2.45, 2.75) is 6.04 Å². The number of hydrogen-bond donors (Lipinski definition) is 1. The van der Waals surface area contributed by atoms with Crippen LogP contribution in [0.15, 0.2) is 0 Å². The first-order valence-corrected chi connectivity index (χ1v) is 6.52.